The lowest BCUT2D eigenvalue weighted by Gasteiger charge is -2.08. The SMILES string of the molecule is Cc1noc([C@H](C)OC(=O)CCSCc2cn3ccccc3n2)n1. The highest BCUT2D eigenvalue weighted by Crippen LogP contribution is 2.17. The molecule has 0 fully saturated rings. The van der Waals surface area contributed by atoms with Crippen molar-refractivity contribution < 1.29 is 14.1 Å². The molecule has 3 aromatic heterocycles. The number of ether oxygens (including phenoxy) is 1. The molecule has 0 aromatic carbocycles. The van der Waals surface area contributed by atoms with Crippen LogP contribution in [0.25, 0.3) is 5.65 Å². The Hall–Kier alpha value is -2.35. The van der Waals surface area contributed by atoms with Gasteiger partial charge in [0.15, 0.2) is 11.9 Å². The van der Waals surface area contributed by atoms with Gasteiger partial charge in [0, 0.05) is 23.9 Å². The summed E-state index contributed by atoms with van der Waals surface area (Å²) >= 11 is 1.65. The Bertz CT molecular complexity index is 796. The van der Waals surface area contributed by atoms with Gasteiger partial charge in [-0.25, -0.2) is 4.98 Å². The zero-order valence-corrected chi connectivity index (χ0v) is 14.3. The summed E-state index contributed by atoms with van der Waals surface area (Å²) in [5.41, 5.74) is 1.92. The first kappa shape index (κ1) is 16.5. The molecule has 24 heavy (non-hydrogen) atoms. The van der Waals surface area contributed by atoms with E-state index in [4.69, 9.17) is 9.26 Å². The first-order valence-corrected chi connectivity index (χ1v) is 8.77. The van der Waals surface area contributed by atoms with Crippen molar-refractivity contribution >= 4 is 23.4 Å². The van der Waals surface area contributed by atoms with Gasteiger partial charge in [0.25, 0.3) is 5.89 Å². The number of hydrogen-bond donors (Lipinski definition) is 0. The van der Waals surface area contributed by atoms with Gasteiger partial charge in [-0.05, 0) is 26.0 Å². The van der Waals surface area contributed by atoms with Gasteiger partial charge in [0.2, 0.25) is 0 Å². The van der Waals surface area contributed by atoms with Crippen LogP contribution < -0.4 is 0 Å². The molecule has 0 aliphatic carbocycles. The Morgan fingerprint density at radius 1 is 1.42 bits per heavy atom. The summed E-state index contributed by atoms with van der Waals surface area (Å²) in [4.78, 5) is 20.4. The second kappa shape index (κ2) is 7.48. The summed E-state index contributed by atoms with van der Waals surface area (Å²) < 4.78 is 12.3. The van der Waals surface area contributed by atoms with Gasteiger partial charge in [-0.1, -0.05) is 11.2 Å². The minimum absolute atomic E-state index is 0.277. The third-order valence-electron chi connectivity index (χ3n) is 3.31. The molecule has 3 heterocycles. The van der Waals surface area contributed by atoms with Crippen molar-refractivity contribution in [1.82, 2.24) is 19.5 Å². The summed E-state index contributed by atoms with van der Waals surface area (Å²) in [5, 5.41) is 3.68. The number of nitrogens with zero attached hydrogens (tertiary/aromatic N) is 4. The number of fused-ring (bicyclic) bond motifs is 1. The zero-order chi connectivity index (χ0) is 16.9. The normalized spacial score (nSPS) is 12.4. The molecule has 1 atom stereocenters. The maximum Gasteiger partial charge on any atom is 0.307 e. The van der Waals surface area contributed by atoms with E-state index in [9.17, 15) is 4.79 Å². The molecular formula is C16H18N4O3S. The van der Waals surface area contributed by atoms with E-state index in [1.54, 1.807) is 25.6 Å². The van der Waals surface area contributed by atoms with Crippen LogP contribution >= 0.6 is 11.8 Å². The van der Waals surface area contributed by atoms with Crippen LogP contribution in [0.5, 0.6) is 0 Å². The lowest BCUT2D eigenvalue weighted by atomic mass is 10.4. The maximum atomic E-state index is 11.8. The highest BCUT2D eigenvalue weighted by molar-refractivity contribution is 7.98. The second-order valence-electron chi connectivity index (χ2n) is 5.31. The minimum atomic E-state index is -0.526. The van der Waals surface area contributed by atoms with E-state index >= 15 is 0 Å². The van der Waals surface area contributed by atoms with E-state index in [1.807, 2.05) is 35.0 Å². The van der Waals surface area contributed by atoms with Crippen LogP contribution in [0.4, 0.5) is 0 Å². The molecule has 0 radical (unpaired) electrons. The predicted molar refractivity (Wildman–Crippen MR) is 89.5 cm³/mol. The molecule has 0 saturated heterocycles. The smallest absolute Gasteiger partial charge is 0.307 e. The van der Waals surface area contributed by atoms with Crippen molar-refractivity contribution in [1.29, 1.82) is 0 Å². The first-order valence-electron chi connectivity index (χ1n) is 7.62. The number of rotatable bonds is 7. The lowest BCUT2D eigenvalue weighted by Crippen LogP contribution is -2.10. The van der Waals surface area contributed by atoms with Crippen LogP contribution in [-0.2, 0) is 15.3 Å². The maximum absolute atomic E-state index is 11.8. The standard InChI is InChI=1S/C16H18N4O3S/c1-11(16-17-12(2)19-23-16)22-15(21)6-8-24-10-13-9-20-7-4-3-5-14(20)18-13/h3-5,7,9,11H,6,8,10H2,1-2H3/t11-/m0/s1. The third kappa shape index (κ3) is 4.14. The third-order valence-corrected chi connectivity index (χ3v) is 4.31. The molecule has 3 rings (SSSR count). The number of hydrogen-bond acceptors (Lipinski definition) is 7. The van der Waals surface area contributed by atoms with Gasteiger partial charge in [-0.3, -0.25) is 4.79 Å². The number of esters is 1. The molecule has 0 bridgehead atoms. The summed E-state index contributed by atoms with van der Waals surface area (Å²) in [7, 11) is 0. The van der Waals surface area contributed by atoms with Crippen LogP contribution in [0.15, 0.2) is 35.1 Å². The Labute approximate surface area is 143 Å². The predicted octanol–water partition coefficient (Wildman–Crippen LogP) is 2.95. The molecule has 0 spiro atoms. The van der Waals surface area contributed by atoms with E-state index in [0.29, 0.717) is 23.9 Å². The zero-order valence-electron chi connectivity index (χ0n) is 13.5. The topological polar surface area (TPSA) is 82.5 Å². The van der Waals surface area contributed by atoms with Crippen molar-refractivity contribution in [2.75, 3.05) is 5.75 Å². The fourth-order valence-electron chi connectivity index (χ4n) is 2.17. The number of carbonyl (C=O) groups is 1. The fourth-order valence-corrected chi connectivity index (χ4v) is 2.98. The Morgan fingerprint density at radius 2 is 2.29 bits per heavy atom. The van der Waals surface area contributed by atoms with Crippen molar-refractivity contribution in [3.63, 3.8) is 0 Å². The molecule has 0 N–H and O–H groups in total. The van der Waals surface area contributed by atoms with E-state index in [1.165, 1.54) is 0 Å². The molecule has 0 aliphatic rings. The molecule has 0 saturated carbocycles. The number of imidazole rings is 1. The average molecular weight is 346 g/mol. The minimum Gasteiger partial charge on any atom is -0.453 e. The number of aromatic nitrogens is 4. The van der Waals surface area contributed by atoms with E-state index in [2.05, 4.69) is 15.1 Å². The van der Waals surface area contributed by atoms with Crippen molar-refractivity contribution in [2.45, 2.75) is 32.1 Å². The number of thioether (sulfide) groups is 1. The Balaban J connectivity index is 1.40. The summed E-state index contributed by atoms with van der Waals surface area (Å²) in [6, 6.07) is 5.89. The molecule has 3 aromatic rings. The van der Waals surface area contributed by atoms with Crippen molar-refractivity contribution in [3.05, 3.63) is 48.0 Å². The quantitative estimate of drug-likeness (QED) is 0.480. The Morgan fingerprint density at radius 3 is 3.04 bits per heavy atom. The number of carbonyl (C=O) groups excluding carboxylic acids is 1. The molecule has 0 unspecified atom stereocenters. The summed E-state index contributed by atoms with van der Waals surface area (Å²) in [5.74, 6) is 1.99. The first-order chi connectivity index (χ1) is 11.6. The second-order valence-corrected chi connectivity index (χ2v) is 6.42. The monoisotopic (exact) mass is 346 g/mol. The molecule has 8 heteroatoms. The van der Waals surface area contributed by atoms with E-state index in [0.717, 1.165) is 17.1 Å². The summed E-state index contributed by atoms with van der Waals surface area (Å²) in [6.45, 7) is 3.44. The van der Waals surface area contributed by atoms with Gasteiger partial charge in [0.05, 0.1) is 12.1 Å². The fraction of sp³-hybridized carbons (Fsp3) is 0.375. The van der Waals surface area contributed by atoms with Gasteiger partial charge in [-0.15, -0.1) is 0 Å². The van der Waals surface area contributed by atoms with Crippen LogP contribution in [-0.4, -0.2) is 31.2 Å². The average Bonchev–Trinajstić information content (AvgIpc) is 3.17. The number of pyridine rings is 1. The highest BCUT2D eigenvalue weighted by atomic mass is 32.2. The highest BCUT2D eigenvalue weighted by Gasteiger charge is 2.17. The van der Waals surface area contributed by atoms with Gasteiger partial charge >= 0.3 is 5.97 Å². The number of aryl methyl sites for hydroxylation is 1. The van der Waals surface area contributed by atoms with Gasteiger partial charge in [0.1, 0.15) is 5.65 Å². The lowest BCUT2D eigenvalue weighted by molar-refractivity contribution is -0.149. The molecule has 0 aliphatic heterocycles. The van der Waals surface area contributed by atoms with E-state index in [-0.39, 0.29) is 5.97 Å². The van der Waals surface area contributed by atoms with Crippen LogP contribution in [0.3, 0.4) is 0 Å². The van der Waals surface area contributed by atoms with Crippen molar-refractivity contribution in [3.8, 4) is 0 Å². The van der Waals surface area contributed by atoms with Crippen molar-refractivity contribution in [2.24, 2.45) is 0 Å². The largest absolute Gasteiger partial charge is 0.453 e. The van der Waals surface area contributed by atoms with E-state index < -0.39 is 6.10 Å². The summed E-state index contributed by atoms with van der Waals surface area (Å²) in [6.07, 6.45) is 3.77. The van der Waals surface area contributed by atoms with Gasteiger partial charge in [-0.2, -0.15) is 16.7 Å². The molecule has 0 amide bonds. The van der Waals surface area contributed by atoms with Gasteiger partial charge < -0.3 is 13.7 Å². The molecule has 126 valence electrons. The molecule has 7 nitrogen and oxygen atoms in total. The Kier molecular flexibility index (Phi) is 5.14. The van der Waals surface area contributed by atoms with Crippen LogP contribution in [0, 0.1) is 6.92 Å². The molecular weight excluding hydrogens is 328 g/mol. The van der Waals surface area contributed by atoms with Crippen LogP contribution in [0.2, 0.25) is 0 Å². The van der Waals surface area contributed by atoms with Crippen LogP contribution in [0.1, 0.15) is 36.9 Å².